The maximum atomic E-state index is 12.0. The van der Waals surface area contributed by atoms with Crippen LogP contribution in [0.25, 0.3) is 9.40 Å². The first-order valence-corrected chi connectivity index (χ1v) is 9.70. The van der Waals surface area contributed by atoms with Gasteiger partial charge in [-0.3, -0.25) is 4.79 Å². The number of sulfone groups is 1. The summed E-state index contributed by atoms with van der Waals surface area (Å²) in [7, 11) is -3.28. The Morgan fingerprint density at radius 1 is 1.38 bits per heavy atom. The Balaban J connectivity index is 2.07. The number of carbonyl (C=O) groups is 2. The molecule has 2 aromatic heterocycles. The quantitative estimate of drug-likeness (QED) is 0.826. The highest BCUT2D eigenvalue weighted by molar-refractivity contribution is 7.90. The number of hydrogen-bond acceptors (Lipinski definition) is 6. The summed E-state index contributed by atoms with van der Waals surface area (Å²) in [5.41, 5.74) is 0. The van der Waals surface area contributed by atoms with Crippen LogP contribution < -0.4 is 5.32 Å². The Labute approximate surface area is 129 Å². The zero-order chi connectivity index (χ0) is 15.6. The van der Waals surface area contributed by atoms with Gasteiger partial charge in [0.15, 0.2) is 0 Å². The number of fused-ring (bicyclic) bond motifs is 1. The summed E-state index contributed by atoms with van der Waals surface area (Å²) in [6.07, 6.45) is 0.876. The Kier molecular flexibility index (Phi) is 4.64. The SMILES string of the molecule is CS(=O)(=O)CCC(NC(=O)c1cc2sccc2s1)C(=O)O. The van der Waals surface area contributed by atoms with Crippen molar-refractivity contribution in [3.63, 3.8) is 0 Å². The van der Waals surface area contributed by atoms with Gasteiger partial charge in [0, 0.05) is 15.7 Å². The number of carbonyl (C=O) groups excluding carboxylic acids is 1. The van der Waals surface area contributed by atoms with E-state index >= 15 is 0 Å². The monoisotopic (exact) mass is 347 g/mol. The second-order valence-corrected chi connectivity index (χ2v) is 8.83. The van der Waals surface area contributed by atoms with Crippen LogP contribution >= 0.6 is 22.7 Å². The largest absolute Gasteiger partial charge is 0.480 e. The van der Waals surface area contributed by atoms with Crippen molar-refractivity contribution in [1.82, 2.24) is 5.32 Å². The van der Waals surface area contributed by atoms with Crippen LogP contribution in [0.2, 0.25) is 0 Å². The van der Waals surface area contributed by atoms with Crippen LogP contribution in [0.3, 0.4) is 0 Å². The third-order valence-corrected chi connectivity index (χ3v) is 5.81. The summed E-state index contributed by atoms with van der Waals surface area (Å²) >= 11 is 2.78. The first kappa shape index (κ1) is 15.9. The molecule has 0 bridgehead atoms. The fraction of sp³-hybridized carbons (Fsp3) is 0.333. The zero-order valence-electron chi connectivity index (χ0n) is 11.0. The molecule has 0 aliphatic rings. The Bertz CT molecular complexity index is 745. The van der Waals surface area contributed by atoms with Gasteiger partial charge < -0.3 is 10.4 Å². The predicted octanol–water partition coefficient (Wildman–Crippen LogP) is 1.58. The smallest absolute Gasteiger partial charge is 0.326 e. The molecule has 0 saturated carbocycles. The summed E-state index contributed by atoms with van der Waals surface area (Å²) < 4.78 is 24.1. The standard InChI is InChI=1S/C12H13NO5S3/c1-21(17,18)5-3-7(12(15)16)13-11(14)10-6-9-8(20-10)2-4-19-9/h2,4,6-7H,3,5H2,1H3,(H,13,14)(H,15,16). The average molecular weight is 347 g/mol. The van der Waals surface area contributed by atoms with Gasteiger partial charge in [-0.2, -0.15) is 0 Å². The van der Waals surface area contributed by atoms with Crippen LogP contribution in [0.1, 0.15) is 16.1 Å². The molecule has 0 aliphatic heterocycles. The van der Waals surface area contributed by atoms with E-state index in [2.05, 4.69) is 5.32 Å². The van der Waals surface area contributed by atoms with E-state index in [4.69, 9.17) is 5.11 Å². The minimum Gasteiger partial charge on any atom is -0.480 e. The molecule has 114 valence electrons. The number of thiophene rings is 2. The van der Waals surface area contributed by atoms with Crippen molar-refractivity contribution in [3.05, 3.63) is 22.4 Å². The third-order valence-electron chi connectivity index (χ3n) is 2.74. The number of nitrogens with one attached hydrogen (secondary N) is 1. The van der Waals surface area contributed by atoms with Crippen molar-refractivity contribution >= 4 is 53.8 Å². The van der Waals surface area contributed by atoms with Crippen LogP contribution in [0.5, 0.6) is 0 Å². The van der Waals surface area contributed by atoms with Gasteiger partial charge in [0.05, 0.1) is 10.6 Å². The van der Waals surface area contributed by atoms with E-state index in [0.29, 0.717) is 4.88 Å². The maximum absolute atomic E-state index is 12.0. The van der Waals surface area contributed by atoms with Crippen molar-refractivity contribution in [1.29, 1.82) is 0 Å². The molecule has 0 aromatic carbocycles. The third kappa shape index (κ3) is 4.26. The van der Waals surface area contributed by atoms with Crippen molar-refractivity contribution in [2.24, 2.45) is 0 Å². The van der Waals surface area contributed by atoms with Crippen LogP contribution in [0.15, 0.2) is 17.5 Å². The minimum absolute atomic E-state index is 0.153. The topological polar surface area (TPSA) is 101 Å². The lowest BCUT2D eigenvalue weighted by Gasteiger charge is -2.13. The van der Waals surface area contributed by atoms with Gasteiger partial charge in [0.25, 0.3) is 5.91 Å². The van der Waals surface area contributed by atoms with E-state index in [1.165, 1.54) is 22.7 Å². The van der Waals surface area contributed by atoms with Gasteiger partial charge in [0.1, 0.15) is 15.9 Å². The molecule has 2 N–H and O–H groups in total. The second kappa shape index (κ2) is 6.12. The summed E-state index contributed by atoms with van der Waals surface area (Å²) in [4.78, 5) is 23.6. The first-order chi connectivity index (χ1) is 9.76. The molecule has 2 heterocycles. The molecule has 0 spiro atoms. The molecule has 0 radical (unpaired) electrons. The predicted molar refractivity (Wildman–Crippen MR) is 82.9 cm³/mol. The fourth-order valence-electron chi connectivity index (χ4n) is 1.70. The van der Waals surface area contributed by atoms with Crippen molar-refractivity contribution < 1.29 is 23.1 Å². The van der Waals surface area contributed by atoms with E-state index in [1.807, 2.05) is 11.4 Å². The number of rotatable bonds is 6. The number of carboxylic acids is 1. The van der Waals surface area contributed by atoms with Crippen molar-refractivity contribution in [2.45, 2.75) is 12.5 Å². The van der Waals surface area contributed by atoms with Gasteiger partial charge >= 0.3 is 5.97 Å². The van der Waals surface area contributed by atoms with E-state index in [1.54, 1.807) is 6.07 Å². The molecular formula is C12H13NO5S3. The maximum Gasteiger partial charge on any atom is 0.326 e. The zero-order valence-corrected chi connectivity index (χ0v) is 13.5. The van der Waals surface area contributed by atoms with Gasteiger partial charge in [0.2, 0.25) is 0 Å². The molecule has 1 unspecified atom stereocenters. The van der Waals surface area contributed by atoms with Crippen LogP contribution in [0, 0.1) is 0 Å². The highest BCUT2D eigenvalue weighted by atomic mass is 32.2. The molecule has 1 amide bonds. The highest BCUT2D eigenvalue weighted by Crippen LogP contribution is 2.29. The Morgan fingerprint density at radius 2 is 2.10 bits per heavy atom. The molecule has 1 atom stereocenters. The number of amides is 1. The number of carboxylic acid groups (broad SMARTS) is 1. The second-order valence-electron chi connectivity index (χ2n) is 4.54. The minimum atomic E-state index is -3.28. The number of hydrogen-bond donors (Lipinski definition) is 2. The lowest BCUT2D eigenvalue weighted by Crippen LogP contribution is -2.41. The molecule has 0 aliphatic carbocycles. The van der Waals surface area contributed by atoms with Gasteiger partial charge in [-0.1, -0.05) is 0 Å². The van der Waals surface area contributed by atoms with Gasteiger partial charge in [-0.05, 0) is 23.9 Å². The molecular weight excluding hydrogens is 334 g/mol. The average Bonchev–Trinajstić information content (AvgIpc) is 2.92. The van der Waals surface area contributed by atoms with Crippen molar-refractivity contribution in [3.8, 4) is 0 Å². The molecule has 2 aromatic rings. The molecule has 0 saturated heterocycles. The molecule has 6 nitrogen and oxygen atoms in total. The van der Waals surface area contributed by atoms with E-state index < -0.39 is 27.8 Å². The van der Waals surface area contributed by atoms with Crippen LogP contribution in [-0.4, -0.2) is 43.5 Å². The normalized spacial score (nSPS) is 13.2. The molecule has 21 heavy (non-hydrogen) atoms. The van der Waals surface area contributed by atoms with Crippen LogP contribution in [-0.2, 0) is 14.6 Å². The molecule has 9 heteroatoms. The summed E-state index contributed by atoms with van der Waals surface area (Å²) in [6, 6.07) is 2.38. The molecule has 0 fully saturated rings. The van der Waals surface area contributed by atoms with E-state index in [0.717, 1.165) is 15.7 Å². The lowest BCUT2D eigenvalue weighted by atomic mass is 10.2. The Morgan fingerprint density at radius 3 is 2.67 bits per heavy atom. The summed E-state index contributed by atoms with van der Waals surface area (Å²) in [5.74, 6) is -2.03. The molecule has 2 rings (SSSR count). The number of aliphatic carboxylic acids is 1. The van der Waals surface area contributed by atoms with Gasteiger partial charge in [-0.25, -0.2) is 13.2 Å². The van der Waals surface area contributed by atoms with Gasteiger partial charge in [-0.15, -0.1) is 22.7 Å². The van der Waals surface area contributed by atoms with Crippen LogP contribution in [0.4, 0.5) is 0 Å². The first-order valence-electron chi connectivity index (χ1n) is 5.95. The van der Waals surface area contributed by atoms with E-state index in [9.17, 15) is 18.0 Å². The fourth-order valence-corrected chi connectivity index (χ4v) is 4.37. The van der Waals surface area contributed by atoms with E-state index in [-0.39, 0.29) is 12.2 Å². The summed E-state index contributed by atoms with van der Waals surface area (Å²) in [5, 5.41) is 13.3. The summed E-state index contributed by atoms with van der Waals surface area (Å²) in [6.45, 7) is 0. The Hall–Kier alpha value is -1.45. The highest BCUT2D eigenvalue weighted by Gasteiger charge is 2.23. The lowest BCUT2D eigenvalue weighted by molar-refractivity contribution is -0.139. The van der Waals surface area contributed by atoms with Crippen molar-refractivity contribution in [2.75, 3.05) is 12.0 Å².